The van der Waals surface area contributed by atoms with Crippen molar-refractivity contribution in [3.8, 4) is 0 Å². The number of benzene rings is 2. The molecule has 1 saturated heterocycles. The van der Waals surface area contributed by atoms with Gasteiger partial charge in [-0.25, -0.2) is 8.42 Å². The van der Waals surface area contributed by atoms with Gasteiger partial charge in [0.2, 0.25) is 10.0 Å². The molecule has 4 nitrogen and oxygen atoms in total. The van der Waals surface area contributed by atoms with Gasteiger partial charge in [0, 0.05) is 29.7 Å². The molecule has 1 atom stereocenters. The quantitative estimate of drug-likeness (QED) is 0.631. The van der Waals surface area contributed by atoms with Crippen LogP contribution in [0.1, 0.15) is 30.7 Å². The first-order chi connectivity index (χ1) is 13.1. The first-order valence-electron chi connectivity index (χ1n) is 9.15. The SMILES string of the molecule is O=S(=O)(c1cccc2cccnc12)N1CCCCC(c2ccc(Cl)cc2)C1. The average Bonchev–Trinajstić information content (AvgIpc) is 2.95. The van der Waals surface area contributed by atoms with E-state index in [0.29, 0.717) is 23.6 Å². The molecule has 2 aromatic carbocycles. The van der Waals surface area contributed by atoms with Gasteiger partial charge in [-0.1, -0.05) is 48.4 Å². The second-order valence-electron chi connectivity index (χ2n) is 6.94. The molecule has 6 heteroatoms. The fourth-order valence-corrected chi connectivity index (χ4v) is 5.57. The number of fused-ring (bicyclic) bond motifs is 1. The molecule has 3 aromatic rings. The van der Waals surface area contributed by atoms with E-state index in [0.717, 1.165) is 30.2 Å². The van der Waals surface area contributed by atoms with Crippen molar-refractivity contribution in [2.75, 3.05) is 13.1 Å². The standard InChI is InChI=1S/C21H21ClN2O2S/c22-19-11-9-16(10-12-19)18-5-1-2-14-24(15-18)27(25,26)20-8-3-6-17-7-4-13-23-21(17)20/h3-4,6-13,18H,1-2,5,14-15H2. The monoisotopic (exact) mass is 400 g/mol. The van der Waals surface area contributed by atoms with Crippen molar-refractivity contribution in [2.45, 2.75) is 30.1 Å². The zero-order chi connectivity index (χ0) is 18.9. The highest BCUT2D eigenvalue weighted by Crippen LogP contribution is 2.31. The third-order valence-corrected chi connectivity index (χ3v) is 7.34. The fourth-order valence-electron chi connectivity index (χ4n) is 3.76. The normalized spacial score (nSPS) is 19.1. The molecule has 0 saturated carbocycles. The van der Waals surface area contributed by atoms with Gasteiger partial charge in [0.1, 0.15) is 4.90 Å². The molecule has 1 unspecified atom stereocenters. The molecule has 27 heavy (non-hydrogen) atoms. The maximum atomic E-state index is 13.4. The molecule has 0 aliphatic carbocycles. The highest BCUT2D eigenvalue weighted by molar-refractivity contribution is 7.89. The Labute approximate surface area is 164 Å². The first kappa shape index (κ1) is 18.4. The number of halogens is 1. The van der Waals surface area contributed by atoms with Crippen molar-refractivity contribution in [2.24, 2.45) is 0 Å². The van der Waals surface area contributed by atoms with Gasteiger partial charge in [0.15, 0.2) is 0 Å². The number of aromatic nitrogens is 1. The van der Waals surface area contributed by atoms with E-state index in [1.807, 2.05) is 42.5 Å². The van der Waals surface area contributed by atoms with E-state index in [4.69, 9.17) is 11.6 Å². The molecule has 0 radical (unpaired) electrons. The second kappa shape index (κ2) is 7.58. The lowest BCUT2D eigenvalue weighted by molar-refractivity contribution is 0.406. The van der Waals surface area contributed by atoms with Crippen LogP contribution >= 0.6 is 11.6 Å². The van der Waals surface area contributed by atoms with Crippen LogP contribution in [0.25, 0.3) is 10.9 Å². The largest absolute Gasteiger partial charge is 0.255 e. The summed E-state index contributed by atoms with van der Waals surface area (Å²) in [6.07, 6.45) is 4.48. The Kier molecular flexibility index (Phi) is 5.17. The van der Waals surface area contributed by atoms with Crippen LogP contribution in [0.2, 0.25) is 5.02 Å². The topological polar surface area (TPSA) is 50.3 Å². The zero-order valence-corrected chi connectivity index (χ0v) is 16.5. The summed E-state index contributed by atoms with van der Waals surface area (Å²) in [5.41, 5.74) is 1.67. The lowest BCUT2D eigenvalue weighted by Gasteiger charge is -2.24. The Hall–Kier alpha value is -1.95. The van der Waals surface area contributed by atoms with Crippen molar-refractivity contribution in [3.63, 3.8) is 0 Å². The van der Waals surface area contributed by atoms with E-state index in [1.54, 1.807) is 22.6 Å². The van der Waals surface area contributed by atoms with Crippen LogP contribution in [0.5, 0.6) is 0 Å². The van der Waals surface area contributed by atoms with Crippen LogP contribution in [0.15, 0.2) is 65.7 Å². The summed E-state index contributed by atoms with van der Waals surface area (Å²) in [6, 6.07) is 16.8. The van der Waals surface area contributed by atoms with Crippen molar-refractivity contribution >= 4 is 32.5 Å². The van der Waals surface area contributed by atoms with E-state index in [1.165, 1.54) is 0 Å². The van der Waals surface area contributed by atoms with Crippen molar-refractivity contribution in [1.29, 1.82) is 0 Å². The Bertz CT molecular complexity index is 1050. The lowest BCUT2D eigenvalue weighted by atomic mass is 9.95. The Morgan fingerprint density at radius 1 is 1.00 bits per heavy atom. The third kappa shape index (κ3) is 3.72. The van der Waals surface area contributed by atoms with Crippen LogP contribution in [0.4, 0.5) is 0 Å². The molecule has 1 aromatic heterocycles. The molecule has 0 N–H and O–H groups in total. The number of rotatable bonds is 3. The summed E-state index contributed by atoms with van der Waals surface area (Å²) >= 11 is 6.01. The van der Waals surface area contributed by atoms with Gasteiger partial charge >= 0.3 is 0 Å². The summed E-state index contributed by atoms with van der Waals surface area (Å²) in [5, 5.41) is 1.53. The second-order valence-corrected chi connectivity index (χ2v) is 9.28. The minimum absolute atomic E-state index is 0.169. The van der Waals surface area contributed by atoms with Gasteiger partial charge in [-0.15, -0.1) is 0 Å². The third-order valence-electron chi connectivity index (χ3n) is 5.19. The molecule has 140 valence electrons. The van der Waals surface area contributed by atoms with E-state index in [-0.39, 0.29) is 10.8 Å². The molecule has 0 amide bonds. The molecule has 0 spiro atoms. The smallest absolute Gasteiger partial charge is 0.245 e. The molecule has 1 aliphatic heterocycles. The molecule has 0 bridgehead atoms. The molecule has 2 heterocycles. The van der Waals surface area contributed by atoms with Gasteiger partial charge in [-0.3, -0.25) is 4.98 Å². The van der Waals surface area contributed by atoms with Gasteiger partial charge in [0.25, 0.3) is 0 Å². The van der Waals surface area contributed by atoms with E-state index in [9.17, 15) is 8.42 Å². The first-order valence-corrected chi connectivity index (χ1v) is 11.0. The van der Waals surface area contributed by atoms with Crippen LogP contribution in [0.3, 0.4) is 0 Å². The predicted octanol–water partition coefficient (Wildman–Crippen LogP) is 4.85. The van der Waals surface area contributed by atoms with E-state index in [2.05, 4.69) is 4.98 Å². The van der Waals surface area contributed by atoms with E-state index < -0.39 is 10.0 Å². The predicted molar refractivity (Wildman–Crippen MR) is 109 cm³/mol. The molecular formula is C21H21ClN2O2S. The number of nitrogens with zero attached hydrogens (tertiary/aromatic N) is 2. The minimum atomic E-state index is -3.62. The maximum Gasteiger partial charge on any atom is 0.245 e. The molecule has 1 aliphatic rings. The Morgan fingerprint density at radius 3 is 2.59 bits per heavy atom. The van der Waals surface area contributed by atoms with Gasteiger partial charge in [-0.2, -0.15) is 4.31 Å². The Morgan fingerprint density at radius 2 is 1.78 bits per heavy atom. The summed E-state index contributed by atoms with van der Waals surface area (Å²) in [6.45, 7) is 1.02. The van der Waals surface area contributed by atoms with Crippen molar-refractivity contribution < 1.29 is 8.42 Å². The fraction of sp³-hybridized carbons (Fsp3) is 0.286. The highest BCUT2D eigenvalue weighted by atomic mass is 35.5. The zero-order valence-electron chi connectivity index (χ0n) is 14.9. The number of para-hydroxylation sites is 1. The van der Waals surface area contributed by atoms with Crippen LogP contribution in [0, 0.1) is 0 Å². The maximum absolute atomic E-state index is 13.4. The van der Waals surface area contributed by atoms with Gasteiger partial charge in [-0.05, 0) is 48.6 Å². The number of hydrogen-bond donors (Lipinski definition) is 0. The van der Waals surface area contributed by atoms with Gasteiger partial charge in [0.05, 0.1) is 5.52 Å². The van der Waals surface area contributed by atoms with Crippen LogP contribution in [-0.4, -0.2) is 30.8 Å². The van der Waals surface area contributed by atoms with Crippen LogP contribution < -0.4 is 0 Å². The molecule has 1 fully saturated rings. The molecular weight excluding hydrogens is 380 g/mol. The highest BCUT2D eigenvalue weighted by Gasteiger charge is 2.31. The van der Waals surface area contributed by atoms with Crippen LogP contribution in [-0.2, 0) is 10.0 Å². The molecule has 4 rings (SSSR count). The van der Waals surface area contributed by atoms with E-state index >= 15 is 0 Å². The number of pyridine rings is 1. The summed E-state index contributed by atoms with van der Waals surface area (Å²) in [7, 11) is -3.62. The summed E-state index contributed by atoms with van der Waals surface area (Å²) in [5.74, 6) is 0.169. The van der Waals surface area contributed by atoms with Crippen molar-refractivity contribution in [3.05, 3.63) is 71.4 Å². The average molecular weight is 401 g/mol. The minimum Gasteiger partial charge on any atom is -0.255 e. The van der Waals surface area contributed by atoms with Gasteiger partial charge < -0.3 is 0 Å². The van der Waals surface area contributed by atoms with Crippen molar-refractivity contribution in [1.82, 2.24) is 9.29 Å². The summed E-state index contributed by atoms with van der Waals surface area (Å²) in [4.78, 5) is 4.62. The summed E-state index contributed by atoms with van der Waals surface area (Å²) < 4.78 is 28.5. The Balaban J connectivity index is 1.70. The number of sulfonamides is 1. The lowest BCUT2D eigenvalue weighted by Crippen LogP contribution is -2.34. The number of hydrogen-bond acceptors (Lipinski definition) is 3.